The van der Waals surface area contributed by atoms with Gasteiger partial charge in [-0.1, -0.05) is 24.3 Å². The van der Waals surface area contributed by atoms with Crippen molar-refractivity contribution in [1.29, 1.82) is 0 Å². The molecule has 0 aliphatic rings. The molecule has 0 atom stereocenters. The third-order valence-corrected chi connectivity index (χ3v) is 3.08. The number of methoxy groups -OCH3 is 1. The number of hydrogen-bond acceptors (Lipinski definition) is 5. The first kappa shape index (κ1) is 16.2. The van der Waals surface area contributed by atoms with Crippen molar-refractivity contribution >= 4 is 17.9 Å². The Labute approximate surface area is 133 Å². The maximum Gasteiger partial charge on any atom is 0.178 e. The third kappa shape index (κ3) is 4.38. The summed E-state index contributed by atoms with van der Waals surface area (Å²) in [6.07, 6.45) is 5.86. The molecular weight excluding hydrogens is 296 g/mol. The van der Waals surface area contributed by atoms with E-state index in [0.717, 1.165) is 0 Å². The molecule has 118 valence electrons. The van der Waals surface area contributed by atoms with Crippen LogP contribution in [0.5, 0.6) is 23.0 Å². The Morgan fingerprint density at radius 3 is 2.00 bits per heavy atom. The van der Waals surface area contributed by atoms with Gasteiger partial charge < -0.3 is 20.1 Å². The highest BCUT2D eigenvalue weighted by Crippen LogP contribution is 2.27. The Kier molecular flexibility index (Phi) is 5.04. The van der Waals surface area contributed by atoms with Crippen LogP contribution in [0.3, 0.4) is 0 Å². The summed E-state index contributed by atoms with van der Waals surface area (Å²) in [5.74, 6) is -0.344. The SMILES string of the molecule is COc1cc(/C=C/C(=O)/C=C/c2ccc(O)c(O)c2)ccc1O. The zero-order valence-corrected chi connectivity index (χ0v) is 12.4. The van der Waals surface area contributed by atoms with E-state index in [1.54, 1.807) is 24.3 Å². The molecule has 0 aliphatic heterocycles. The fourth-order valence-corrected chi connectivity index (χ4v) is 1.85. The van der Waals surface area contributed by atoms with Gasteiger partial charge in [0.05, 0.1) is 7.11 Å². The number of aromatic hydroxyl groups is 3. The van der Waals surface area contributed by atoms with Crippen molar-refractivity contribution in [2.24, 2.45) is 0 Å². The molecule has 0 radical (unpaired) electrons. The second-order valence-electron chi connectivity index (χ2n) is 4.75. The molecule has 0 saturated carbocycles. The minimum atomic E-state index is -0.246. The van der Waals surface area contributed by atoms with Crippen LogP contribution in [0.1, 0.15) is 11.1 Å². The lowest BCUT2D eigenvalue weighted by atomic mass is 10.1. The van der Waals surface area contributed by atoms with Crippen molar-refractivity contribution in [1.82, 2.24) is 0 Å². The number of phenols is 3. The predicted molar refractivity (Wildman–Crippen MR) is 87.5 cm³/mol. The Hall–Kier alpha value is -3.21. The Morgan fingerprint density at radius 2 is 1.43 bits per heavy atom. The molecule has 0 aromatic heterocycles. The van der Waals surface area contributed by atoms with Crippen molar-refractivity contribution in [3.8, 4) is 23.0 Å². The molecule has 5 heteroatoms. The molecule has 0 heterocycles. The monoisotopic (exact) mass is 312 g/mol. The molecule has 0 saturated heterocycles. The van der Waals surface area contributed by atoms with Gasteiger partial charge in [0.25, 0.3) is 0 Å². The van der Waals surface area contributed by atoms with Crippen LogP contribution in [-0.4, -0.2) is 28.2 Å². The van der Waals surface area contributed by atoms with Crippen LogP contribution in [-0.2, 0) is 4.79 Å². The number of ketones is 1. The van der Waals surface area contributed by atoms with Crippen molar-refractivity contribution in [3.05, 3.63) is 59.7 Å². The van der Waals surface area contributed by atoms with Gasteiger partial charge in [-0.3, -0.25) is 4.79 Å². The number of phenolic OH excluding ortho intramolecular Hbond substituents is 3. The van der Waals surface area contributed by atoms with E-state index in [2.05, 4.69) is 0 Å². The first-order valence-electron chi connectivity index (χ1n) is 6.78. The number of hydrogen-bond donors (Lipinski definition) is 3. The average Bonchev–Trinajstić information content (AvgIpc) is 2.55. The van der Waals surface area contributed by atoms with Crippen LogP contribution in [0.4, 0.5) is 0 Å². The maximum absolute atomic E-state index is 11.8. The lowest BCUT2D eigenvalue weighted by molar-refractivity contribution is -0.110. The van der Waals surface area contributed by atoms with Gasteiger partial charge in [0.2, 0.25) is 0 Å². The van der Waals surface area contributed by atoms with E-state index < -0.39 is 0 Å². The summed E-state index contributed by atoms with van der Waals surface area (Å²) in [5, 5.41) is 28.1. The standard InChI is InChI=1S/C18H16O5/c1-23-18-11-13(5-9-16(18)21)3-7-14(19)6-2-12-4-8-15(20)17(22)10-12/h2-11,20-22H,1H3/b6-2+,7-3+. The highest BCUT2D eigenvalue weighted by Gasteiger charge is 2.01. The van der Waals surface area contributed by atoms with Crippen molar-refractivity contribution in [2.45, 2.75) is 0 Å². The number of allylic oxidation sites excluding steroid dienone is 2. The van der Waals surface area contributed by atoms with Gasteiger partial charge in [0.15, 0.2) is 28.8 Å². The number of carbonyl (C=O) groups excluding carboxylic acids is 1. The summed E-state index contributed by atoms with van der Waals surface area (Å²) in [6.45, 7) is 0. The zero-order chi connectivity index (χ0) is 16.8. The number of carbonyl (C=O) groups is 1. The average molecular weight is 312 g/mol. The quantitative estimate of drug-likeness (QED) is 0.583. The van der Waals surface area contributed by atoms with Crippen LogP contribution in [0.15, 0.2) is 48.6 Å². The van der Waals surface area contributed by atoms with E-state index in [-0.39, 0.29) is 23.0 Å². The summed E-state index contributed by atoms with van der Waals surface area (Å²) < 4.78 is 4.99. The Balaban J connectivity index is 2.06. The summed E-state index contributed by atoms with van der Waals surface area (Å²) in [7, 11) is 1.45. The molecule has 0 bridgehead atoms. The van der Waals surface area contributed by atoms with Crippen molar-refractivity contribution in [3.63, 3.8) is 0 Å². The zero-order valence-electron chi connectivity index (χ0n) is 12.4. The fraction of sp³-hybridized carbons (Fsp3) is 0.0556. The van der Waals surface area contributed by atoms with E-state index in [4.69, 9.17) is 4.74 Å². The van der Waals surface area contributed by atoms with Gasteiger partial charge in [-0.25, -0.2) is 0 Å². The second-order valence-corrected chi connectivity index (χ2v) is 4.75. The minimum absolute atomic E-state index is 0.0306. The highest BCUT2D eigenvalue weighted by atomic mass is 16.5. The molecule has 0 aliphatic carbocycles. The summed E-state index contributed by atoms with van der Waals surface area (Å²) in [4.78, 5) is 11.8. The summed E-state index contributed by atoms with van der Waals surface area (Å²) in [6, 6.07) is 9.03. The third-order valence-electron chi connectivity index (χ3n) is 3.08. The minimum Gasteiger partial charge on any atom is -0.504 e. The number of rotatable bonds is 5. The molecule has 2 rings (SSSR count). The number of ether oxygens (including phenoxy) is 1. The molecule has 0 fully saturated rings. The molecular formula is C18H16O5. The van der Waals surface area contributed by atoms with Crippen molar-refractivity contribution < 1.29 is 24.9 Å². The van der Waals surface area contributed by atoms with Gasteiger partial charge in [-0.2, -0.15) is 0 Å². The van der Waals surface area contributed by atoms with Crippen LogP contribution in [0, 0.1) is 0 Å². The summed E-state index contributed by atoms with van der Waals surface area (Å²) >= 11 is 0. The second kappa shape index (κ2) is 7.17. The smallest absolute Gasteiger partial charge is 0.178 e. The summed E-state index contributed by atoms with van der Waals surface area (Å²) in [5.41, 5.74) is 1.30. The molecule has 2 aromatic carbocycles. The predicted octanol–water partition coefficient (Wildman–Crippen LogP) is 3.11. The molecule has 0 amide bonds. The van der Waals surface area contributed by atoms with Crippen LogP contribution >= 0.6 is 0 Å². The topological polar surface area (TPSA) is 87.0 Å². The molecule has 0 spiro atoms. The van der Waals surface area contributed by atoms with Gasteiger partial charge in [-0.15, -0.1) is 0 Å². The van der Waals surface area contributed by atoms with Gasteiger partial charge in [0.1, 0.15) is 0 Å². The molecule has 0 unspecified atom stereocenters. The van der Waals surface area contributed by atoms with Crippen LogP contribution < -0.4 is 4.74 Å². The molecule has 3 N–H and O–H groups in total. The first-order chi connectivity index (χ1) is 11.0. The van der Waals surface area contributed by atoms with Gasteiger partial charge in [-0.05, 0) is 47.5 Å². The highest BCUT2D eigenvalue weighted by molar-refractivity contribution is 6.04. The Morgan fingerprint density at radius 1 is 0.870 bits per heavy atom. The largest absolute Gasteiger partial charge is 0.504 e. The maximum atomic E-state index is 11.8. The normalized spacial score (nSPS) is 11.2. The van der Waals surface area contributed by atoms with Crippen molar-refractivity contribution in [2.75, 3.05) is 7.11 Å². The van der Waals surface area contributed by atoms with Crippen LogP contribution in [0.2, 0.25) is 0 Å². The van der Waals surface area contributed by atoms with E-state index in [9.17, 15) is 20.1 Å². The van der Waals surface area contributed by atoms with Crippen LogP contribution in [0.25, 0.3) is 12.2 Å². The lowest BCUT2D eigenvalue weighted by Gasteiger charge is -2.03. The van der Waals surface area contributed by atoms with Gasteiger partial charge >= 0.3 is 0 Å². The molecule has 23 heavy (non-hydrogen) atoms. The van der Waals surface area contributed by atoms with E-state index in [1.807, 2.05) is 0 Å². The number of benzene rings is 2. The molecule has 2 aromatic rings. The molecule has 5 nitrogen and oxygen atoms in total. The van der Waals surface area contributed by atoms with Gasteiger partial charge in [0, 0.05) is 0 Å². The van der Waals surface area contributed by atoms with E-state index in [1.165, 1.54) is 43.5 Å². The fourth-order valence-electron chi connectivity index (χ4n) is 1.85. The van der Waals surface area contributed by atoms with E-state index in [0.29, 0.717) is 16.9 Å². The first-order valence-corrected chi connectivity index (χ1v) is 6.78. The Bertz CT molecular complexity index is 775. The van der Waals surface area contributed by atoms with E-state index >= 15 is 0 Å². The lowest BCUT2D eigenvalue weighted by Crippen LogP contribution is -1.87.